The van der Waals surface area contributed by atoms with Gasteiger partial charge in [-0.15, -0.1) is 0 Å². The molecule has 1 aliphatic rings. The number of nitrogens with one attached hydrogen (secondary N) is 1. The number of likely N-dealkylation sites (N-methyl/N-ethyl adjacent to an activating group) is 2. The maximum absolute atomic E-state index is 3.76. The Morgan fingerprint density at radius 1 is 1.16 bits per heavy atom. The van der Waals surface area contributed by atoms with Crippen LogP contribution in [0.5, 0.6) is 0 Å². The van der Waals surface area contributed by atoms with Crippen LogP contribution in [0.15, 0.2) is 11.6 Å². The molecule has 1 aliphatic carbocycles. The Balaban J connectivity index is 2.93. The van der Waals surface area contributed by atoms with Gasteiger partial charge in [0.25, 0.3) is 0 Å². The first kappa shape index (κ1) is 16.7. The van der Waals surface area contributed by atoms with Gasteiger partial charge < -0.3 is 5.32 Å². The largest absolute Gasteiger partial charge is 0.309 e. The average Bonchev–Trinajstić information content (AvgIpc) is 2.65. The molecule has 0 aromatic carbocycles. The number of rotatable bonds is 7. The zero-order valence-electron chi connectivity index (χ0n) is 13.8. The van der Waals surface area contributed by atoms with Crippen LogP contribution in [0, 0.1) is 0 Å². The highest BCUT2D eigenvalue weighted by Gasteiger charge is 2.35. The predicted octanol–water partition coefficient (Wildman–Crippen LogP) is 3.98. The van der Waals surface area contributed by atoms with Crippen LogP contribution in [-0.2, 0) is 0 Å². The van der Waals surface area contributed by atoms with Gasteiger partial charge in [0, 0.05) is 11.6 Å². The molecule has 0 saturated carbocycles. The molecule has 0 saturated heterocycles. The summed E-state index contributed by atoms with van der Waals surface area (Å²) in [4.78, 5) is 2.59. The fourth-order valence-electron chi connectivity index (χ4n) is 3.56. The van der Waals surface area contributed by atoms with Crippen LogP contribution >= 0.6 is 0 Å². The highest BCUT2D eigenvalue weighted by Crippen LogP contribution is 2.29. The van der Waals surface area contributed by atoms with E-state index in [1.54, 1.807) is 5.57 Å². The lowest BCUT2D eigenvalue weighted by Gasteiger charge is -2.45. The van der Waals surface area contributed by atoms with E-state index in [0.717, 1.165) is 19.6 Å². The summed E-state index contributed by atoms with van der Waals surface area (Å²) in [7, 11) is 0. The SMILES string of the molecule is CCNC(C1=CCCCCC1)C(C)(C)N(CC)CC. The second-order valence-electron chi connectivity index (χ2n) is 6.20. The molecule has 0 heterocycles. The van der Waals surface area contributed by atoms with Crippen LogP contribution in [0.2, 0.25) is 0 Å². The van der Waals surface area contributed by atoms with Crippen molar-refractivity contribution in [1.82, 2.24) is 10.2 Å². The Kier molecular flexibility index (Phi) is 7.09. The van der Waals surface area contributed by atoms with Gasteiger partial charge in [-0.3, -0.25) is 4.90 Å². The van der Waals surface area contributed by atoms with Crippen LogP contribution in [0.4, 0.5) is 0 Å². The third-order valence-electron chi connectivity index (χ3n) is 4.64. The summed E-state index contributed by atoms with van der Waals surface area (Å²) < 4.78 is 0. The zero-order chi connectivity index (χ0) is 14.3. The molecule has 1 atom stereocenters. The van der Waals surface area contributed by atoms with E-state index in [9.17, 15) is 0 Å². The first-order chi connectivity index (χ1) is 9.07. The lowest BCUT2D eigenvalue weighted by Crippen LogP contribution is -2.58. The highest BCUT2D eigenvalue weighted by atomic mass is 15.2. The molecule has 112 valence electrons. The van der Waals surface area contributed by atoms with Crippen LogP contribution in [0.25, 0.3) is 0 Å². The smallest absolute Gasteiger partial charge is 0.0461 e. The summed E-state index contributed by atoms with van der Waals surface area (Å²) in [5, 5.41) is 3.76. The van der Waals surface area contributed by atoms with Crippen LogP contribution in [0.3, 0.4) is 0 Å². The fourth-order valence-corrected chi connectivity index (χ4v) is 3.56. The number of hydrogen-bond acceptors (Lipinski definition) is 2. The average molecular weight is 266 g/mol. The Morgan fingerprint density at radius 3 is 2.42 bits per heavy atom. The van der Waals surface area contributed by atoms with E-state index in [4.69, 9.17) is 0 Å². The third-order valence-corrected chi connectivity index (χ3v) is 4.64. The molecule has 0 aromatic rings. The van der Waals surface area contributed by atoms with Crippen molar-refractivity contribution < 1.29 is 0 Å². The first-order valence-corrected chi connectivity index (χ1v) is 8.25. The molecule has 0 spiro atoms. The fraction of sp³-hybridized carbons (Fsp3) is 0.882. The molecule has 0 fully saturated rings. The minimum Gasteiger partial charge on any atom is -0.309 e. The van der Waals surface area contributed by atoms with E-state index in [-0.39, 0.29) is 5.54 Å². The Bertz CT molecular complexity index is 277. The molecule has 1 N–H and O–H groups in total. The van der Waals surface area contributed by atoms with Gasteiger partial charge in [0.2, 0.25) is 0 Å². The van der Waals surface area contributed by atoms with E-state index in [1.807, 2.05) is 0 Å². The molecule has 2 nitrogen and oxygen atoms in total. The standard InChI is InChI=1S/C17H34N2/c1-6-18-16(15-13-11-9-10-12-14-15)17(4,5)19(7-2)8-3/h13,16,18H,6-12,14H2,1-5H3. The van der Waals surface area contributed by atoms with Crippen molar-refractivity contribution in [2.24, 2.45) is 0 Å². The van der Waals surface area contributed by atoms with Gasteiger partial charge in [0.15, 0.2) is 0 Å². The Hall–Kier alpha value is -0.340. The van der Waals surface area contributed by atoms with E-state index < -0.39 is 0 Å². The molecular weight excluding hydrogens is 232 g/mol. The van der Waals surface area contributed by atoms with Crippen molar-refractivity contribution in [3.05, 3.63) is 11.6 Å². The van der Waals surface area contributed by atoms with Crippen molar-refractivity contribution in [2.75, 3.05) is 19.6 Å². The summed E-state index contributed by atoms with van der Waals surface area (Å²) >= 11 is 0. The van der Waals surface area contributed by atoms with Crippen molar-refractivity contribution in [3.8, 4) is 0 Å². The summed E-state index contributed by atoms with van der Waals surface area (Å²) in [6, 6.07) is 0.496. The van der Waals surface area contributed by atoms with Gasteiger partial charge in [-0.05, 0) is 59.2 Å². The van der Waals surface area contributed by atoms with Crippen molar-refractivity contribution >= 4 is 0 Å². The summed E-state index contributed by atoms with van der Waals surface area (Å²) in [6.07, 6.45) is 9.19. The molecular formula is C17H34N2. The summed E-state index contributed by atoms with van der Waals surface area (Å²) in [6.45, 7) is 14.9. The van der Waals surface area contributed by atoms with Gasteiger partial charge in [0.1, 0.15) is 0 Å². The number of nitrogens with zero attached hydrogens (tertiary/aromatic N) is 1. The molecule has 0 aliphatic heterocycles. The Labute approximate surface area is 120 Å². The molecule has 0 radical (unpaired) electrons. The minimum atomic E-state index is 0.190. The van der Waals surface area contributed by atoms with Crippen molar-refractivity contribution in [1.29, 1.82) is 0 Å². The lowest BCUT2D eigenvalue weighted by atomic mass is 9.84. The predicted molar refractivity (Wildman–Crippen MR) is 85.6 cm³/mol. The van der Waals surface area contributed by atoms with Gasteiger partial charge in [-0.25, -0.2) is 0 Å². The second-order valence-corrected chi connectivity index (χ2v) is 6.20. The Morgan fingerprint density at radius 2 is 1.84 bits per heavy atom. The molecule has 0 amide bonds. The van der Waals surface area contributed by atoms with E-state index in [0.29, 0.717) is 6.04 Å². The molecule has 1 unspecified atom stereocenters. The summed E-state index contributed by atoms with van der Waals surface area (Å²) in [5.41, 5.74) is 1.84. The van der Waals surface area contributed by atoms with E-state index in [2.05, 4.69) is 50.9 Å². The van der Waals surface area contributed by atoms with Gasteiger partial charge in [-0.2, -0.15) is 0 Å². The quantitative estimate of drug-likeness (QED) is 0.701. The number of hydrogen-bond donors (Lipinski definition) is 1. The molecule has 0 aromatic heterocycles. The van der Waals surface area contributed by atoms with E-state index >= 15 is 0 Å². The second kappa shape index (κ2) is 8.06. The van der Waals surface area contributed by atoms with Crippen LogP contribution < -0.4 is 5.32 Å². The molecule has 19 heavy (non-hydrogen) atoms. The molecule has 0 bridgehead atoms. The van der Waals surface area contributed by atoms with Crippen LogP contribution in [-0.4, -0.2) is 36.1 Å². The van der Waals surface area contributed by atoms with Crippen LogP contribution in [0.1, 0.15) is 66.7 Å². The van der Waals surface area contributed by atoms with Gasteiger partial charge in [0.05, 0.1) is 0 Å². The lowest BCUT2D eigenvalue weighted by molar-refractivity contribution is 0.103. The summed E-state index contributed by atoms with van der Waals surface area (Å²) in [5.74, 6) is 0. The minimum absolute atomic E-state index is 0.190. The van der Waals surface area contributed by atoms with Gasteiger partial charge >= 0.3 is 0 Å². The molecule has 2 heteroatoms. The van der Waals surface area contributed by atoms with E-state index in [1.165, 1.54) is 32.1 Å². The maximum Gasteiger partial charge on any atom is 0.0461 e. The van der Waals surface area contributed by atoms with Crippen molar-refractivity contribution in [3.63, 3.8) is 0 Å². The maximum atomic E-state index is 3.76. The third kappa shape index (κ3) is 4.32. The molecule has 1 rings (SSSR count). The monoisotopic (exact) mass is 266 g/mol. The zero-order valence-corrected chi connectivity index (χ0v) is 13.8. The van der Waals surface area contributed by atoms with Gasteiger partial charge in [-0.1, -0.05) is 38.8 Å². The topological polar surface area (TPSA) is 15.3 Å². The first-order valence-electron chi connectivity index (χ1n) is 8.25. The highest BCUT2D eigenvalue weighted by molar-refractivity contribution is 5.19. The normalized spacial score (nSPS) is 19.2. The number of allylic oxidation sites excluding steroid dienone is 1. The van der Waals surface area contributed by atoms with Crippen molar-refractivity contribution in [2.45, 2.75) is 78.3 Å².